The van der Waals surface area contributed by atoms with Gasteiger partial charge in [0.1, 0.15) is 5.65 Å². The van der Waals surface area contributed by atoms with Gasteiger partial charge >= 0.3 is 5.97 Å². The molecule has 2 aromatic rings. The SMILES string of the molecule is CCOC(OCC)n1cc(C(=O)OC)c2cc(Cl)cnc21. The van der Waals surface area contributed by atoms with Gasteiger partial charge < -0.3 is 14.2 Å². The van der Waals surface area contributed by atoms with Crippen molar-refractivity contribution in [3.05, 3.63) is 29.0 Å². The van der Waals surface area contributed by atoms with E-state index in [1.807, 2.05) is 13.8 Å². The highest BCUT2D eigenvalue weighted by atomic mass is 35.5. The second kappa shape index (κ2) is 6.89. The van der Waals surface area contributed by atoms with Gasteiger partial charge in [-0.1, -0.05) is 11.6 Å². The predicted molar refractivity (Wildman–Crippen MR) is 78.4 cm³/mol. The lowest BCUT2D eigenvalue weighted by Gasteiger charge is -2.18. The van der Waals surface area contributed by atoms with E-state index in [4.69, 9.17) is 25.8 Å². The van der Waals surface area contributed by atoms with Crippen LogP contribution in [0, 0.1) is 0 Å². The standard InChI is InChI=1S/C14H17ClN2O4/c1-4-20-14(21-5-2)17-8-11(13(18)19-3)10-6-9(15)7-16-12(10)17/h6-8,14H,4-5H2,1-3H3. The summed E-state index contributed by atoms with van der Waals surface area (Å²) in [5.41, 5.74) is 0.915. The van der Waals surface area contributed by atoms with Gasteiger partial charge in [-0.15, -0.1) is 0 Å². The minimum Gasteiger partial charge on any atom is -0.465 e. The molecule has 6 nitrogen and oxygen atoms in total. The first kappa shape index (κ1) is 15.8. The Bertz CT molecular complexity index is 635. The quantitative estimate of drug-likeness (QED) is 0.606. The first-order valence-corrected chi connectivity index (χ1v) is 6.97. The van der Waals surface area contributed by atoms with Crippen LogP contribution in [0.5, 0.6) is 0 Å². The second-order valence-corrected chi connectivity index (χ2v) is 4.62. The van der Waals surface area contributed by atoms with Crippen LogP contribution in [0.2, 0.25) is 5.02 Å². The summed E-state index contributed by atoms with van der Waals surface area (Å²) in [4.78, 5) is 16.2. The molecular weight excluding hydrogens is 296 g/mol. The summed E-state index contributed by atoms with van der Waals surface area (Å²) >= 11 is 5.96. The molecule has 0 saturated heterocycles. The lowest BCUT2D eigenvalue weighted by atomic mass is 10.2. The summed E-state index contributed by atoms with van der Waals surface area (Å²) in [6.07, 6.45) is 2.46. The molecule has 114 valence electrons. The Morgan fingerprint density at radius 3 is 2.62 bits per heavy atom. The van der Waals surface area contributed by atoms with Crippen LogP contribution in [-0.4, -0.2) is 35.8 Å². The summed E-state index contributed by atoms with van der Waals surface area (Å²) in [7, 11) is 1.33. The molecule has 2 aromatic heterocycles. The number of aromatic nitrogens is 2. The van der Waals surface area contributed by atoms with E-state index < -0.39 is 12.4 Å². The van der Waals surface area contributed by atoms with Gasteiger partial charge in [0.15, 0.2) is 0 Å². The number of fused-ring (bicyclic) bond motifs is 1. The monoisotopic (exact) mass is 312 g/mol. The van der Waals surface area contributed by atoms with E-state index in [1.54, 1.807) is 16.8 Å². The molecule has 0 aromatic carbocycles. The molecule has 0 bridgehead atoms. The van der Waals surface area contributed by atoms with Crippen molar-refractivity contribution in [2.45, 2.75) is 20.3 Å². The van der Waals surface area contributed by atoms with Crippen LogP contribution < -0.4 is 0 Å². The minimum atomic E-state index is -0.658. The molecule has 0 atom stereocenters. The van der Waals surface area contributed by atoms with Gasteiger partial charge in [-0.25, -0.2) is 9.78 Å². The first-order chi connectivity index (χ1) is 10.1. The average molecular weight is 313 g/mol. The highest BCUT2D eigenvalue weighted by molar-refractivity contribution is 6.31. The number of esters is 1. The number of carbonyl (C=O) groups excluding carboxylic acids is 1. The van der Waals surface area contributed by atoms with E-state index in [0.717, 1.165) is 0 Å². The zero-order valence-electron chi connectivity index (χ0n) is 12.1. The summed E-state index contributed by atoms with van der Waals surface area (Å²) in [6, 6.07) is 1.67. The smallest absolute Gasteiger partial charge is 0.340 e. The lowest BCUT2D eigenvalue weighted by Crippen LogP contribution is -2.16. The van der Waals surface area contributed by atoms with Crippen molar-refractivity contribution in [3.8, 4) is 0 Å². The first-order valence-electron chi connectivity index (χ1n) is 6.59. The highest BCUT2D eigenvalue weighted by Crippen LogP contribution is 2.27. The predicted octanol–water partition coefficient (Wildman–Crippen LogP) is 3.01. The van der Waals surface area contributed by atoms with Gasteiger partial charge in [0.05, 0.1) is 17.7 Å². The molecule has 0 fully saturated rings. The Balaban J connectivity index is 2.60. The van der Waals surface area contributed by atoms with Crippen molar-refractivity contribution in [1.29, 1.82) is 0 Å². The van der Waals surface area contributed by atoms with Gasteiger partial charge in [0.25, 0.3) is 0 Å². The van der Waals surface area contributed by atoms with Crippen molar-refractivity contribution >= 4 is 28.6 Å². The highest BCUT2D eigenvalue weighted by Gasteiger charge is 2.22. The van der Waals surface area contributed by atoms with Crippen LogP contribution >= 0.6 is 11.6 Å². The molecule has 0 N–H and O–H groups in total. The fourth-order valence-electron chi connectivity index (χ4n) is 2.03. The number of hydrogen-bond donors (Lipinski definition) is 0. The van der Waals surface area contributed by atoms with E-state index in [9.17, 15) is 4.79 Å². The van der Waals surface area contributed by atoms with Crippen LogP contribution in [0.4, 0.5) is 0 Å². The van der Waals surface area contributed by atoms with Crippen LogP contribution in [0.25, 0.3) is 11.0 Å². The van der Waals surface area contributed by atoms with Gasteiger partial charge in [0.2, 0.25) is 6.41 Å². The Labute approximate surface area is 127 Å². The zero-order chi connectivity index (χ0) is 15.4. The maximum atomic E-state index is 11.9. The average Bonchev–Trinajstić information content (AvgIpc) is 2.84. The fraction of sp³-hybridized carbons (Fsp3) is 0.429. The maximum Gasteiger partial charge on any atom is 0.340 e. The molecule has 0 aliphatic carbocycles. The Kier molecular flexibility index (Phi) is 5.17. The van der Waals surface area contributed by atoms with Crippen LogP contribution in [0.15, 0.2) is 18.5 Å². The molecule has 0 saturated carbocycles. The normalized spacial score (nSPS) is 11.3. The molecule has 2 rings (SSSR count). The third-order valence-corrected chi connectivity index (χ3v) is 3.09. The minimum absolute atomic E-state index is 0.368. The van der Waals surface area contributed by atoms with E-state index >= 15 is 0 Å². The summed E-state index contributed by atoms with van der Waals surface area (Å²) < 4.78 is 17.5. The molecule has 0 unspecified atom stereocenters. The van der Waals surface area contributed by atoms with Crippen molar-refractivity contribution in [3.63, 3.8) is 0 Å². The third kappa shape index (κ3) is 3.18. The third-order valence-electron chi connectivity index (χ3n) is 2.89. The van der Waals surface area contributed by atoms with Crippen molar-refractivity contribution in [2.75, 3.05) is 20.3 Å². The van der Waals surface area contributed by atoms with Gasteiger partial charge in [-0.05, 0) is 19.9 Å². The largest absolute Gasteiger partial charge is 0.465 e. The summed E-state index contributed by atoms with van der Waals surface area (Å²) in [5, 5.41) is 1.04. The molecule has 0 radical (unpaired) electrons. The number of methoxy groups -OCH3 is 1. The number of hydrogen-bond acceptors (Lipinski definition) is 5. The van der Waals surface area contributed by atoms with Crippen molar-refractivity contribution in [2.24, 2.45) is 0 Å². The summed E-state index contributed by atoms with van der Waals surface area (Å²) in [5.74, 6) is -0.463. The van der Waals surface area contributed by atoms with Gasteiger partial charge in [-0.2, -0.15) is 0 Å². The van der Waals surface area contributed by atoms with E-state index in [2.05, 4.69) is 4.98 Å². The Hall–Kier alpha value is -1.63. The van der Waals surface area contributed by atoms with E-state index in [-0.39, 0.29) is 0 Å². The molecule has 7 heteroatoms. The van der Waals surface area contributed by atoms with Crippen molar-refractivity contribution in [1.82, 2.24) is 9.55 Å². The van der Waals surface area contributed by atoms with Crippen molar-refractivity contribution < 1.29 is 19.0 Å². The molecule has 0 amide bonds. The van der Waals surface area contributed by atoms with Gasteiger partial charge in [-0.3, -0.25) is 4.57 Å². The lowest BCUT2D eigenvalue weighted by molar-refractivity contribution is -0.184. The number of pyridine rings is 1. The zero-order valence-corrected chi connectivity index (χ0v) is 12.9. The Morgan fingerprint density at radius 1 is 1.38 bits per heavy atom. The fourth-order valence-corrected chi connectivity index (χ4v) is 2.19. The topological polar surface area (TPSA) is 62.6 Å². The molecular formula is C14H17ClN2O4. The number of carbonyl (C=O) groups is 1. The Morgan fingerprint density at radius 2 is 2.05 bits per heavy atom. The molecule has 0 aliphatic heterocycles. The number of nitrogens with zero attached hydrogens (tertiary/aromatic N) is 2. The van der Waals surface area contributed by atoms with Crippen LogP contribution in [0.1, 0.15) is 30.6 Å². The number of halogens is 1. The molecule has 2 heterocycles. The molecule has 0 spiro atoms. The van der Waals surface area contributed by atoms with E-state index in [1.165, 1.54) is 13.3 Å². The number of rotatable bonds is 6. The van der Waals surface area contributed by atoms with Gasteiger partial charge in [0, 0.05) is 31.0 Å². The molecule has 0 aliphatic rings. The van der Waals surface area contributed by atoms with Crippen LogP contribution in [0.3, 0.4) is 0 Å². The molecule has 21 heavy (non-hydrogen) atoms. The maximum absolute atomic E-state index is 11.9. The van der Waals surface area contributed by atoms with Crippen LogP contribution in [-0.2, 0) is 14.2 Å². The summed E-state index contributed by atoms with van der Waals surface area (Å²) in [6.45, 7) is 4.66. The van der Waals surface area contributed by atoms with E-state index in [0.29, 0.717) is 34.8 Å². The second-order valence-electron chi connectivity index (χ2n) is 4.18. The number of ether oxygens (including phenoxy) is 3.